The van der Waals surface area contributed by atoms with Crippen molar-refractivity contribution in [2.24, 2.45) is 5.92 Å². The molecule has 4 nitrogen and oxygen atoms in total. The summed E-state index contributed by atoms with van der Waals surface area (Å²) in [7, 11) is 1.66. The molecule has 4 heteroatoms. The second-order valence-electron chi connectivity index (χ2n) is 4.58. The minimum Gasteiger partial charge on any atom is -0.385 e. The predicted molar refractivity (Wildman–Crippen MR) is 64.3 cm³/mol. The summed E-state index contributed by atoms with van der Waals surface area (Å²) in [6.45, 7) is 4.74. The Morgan fingerprint density at radius 2 is 2.38 bits per heavy atom. The van der Waals surface area contributed by atoms with Crippen molar-refractivity contribution in [1.29, 1.82) is 0 Å². The van der Waals surface area contributed by atoms with Crippen LogP contribution in [0, 0.1) is 5.92 Å². The van der Waals surface area contributed by atoms with Crippen LogP contribution in [0.3, 0.4) is 0 Å². The Hall–Kier alpha value is -0.610. The van der Waals surface area contributed by atoms with Gasteiger partial charge < -0.3 is 15.4 Å². The van der Waals surface area contributed by atoms with Crippen LogP contribution in [0.5, 0.6) is 0 Å². The van der Waals surface area contributed by atoms with Crippen molar-refractivity contribution in [3.05, 3.63) is 0 Å². The van der Waals surface area contributed by atoms with Gasteiger partial charge in [0.25, 0.3) is 0 Å². The molecule has 2 unspecified atom stereocenters. The molecule has 0 aliphatic carbocycles. The van der Waals surface area contributed by atoms with Crippen LogP contribution in [-0.2, 0) is 9.53 Å². The first-order chi connectivity index (χ1) is 7.74. The number of hydrogen-bond donors (Lipinski definition) is 2. The van der Waals surface area contributed by atoms with Crippen LogP contribution in [0.1, 0.15) is 32.6 Å². The maximum absolute atomic E-state index is 11.5. The lowest BCUT2D eigenvalue weighted by Gasteiger charge is -2.30. The SMILES string of the molecule is COCCCC(=O)NCC1NCCCC1C. The summed E-state index contributed by atoms with van der Waals surface area (Å²) in [6.07, 6.45) is 3.88. The smallest absolute Gasteiger partial charge is 0.220 e. The number of amides is 1. The summed E-state index contributed by atoms with van der Waals surface area (Å²) < 4.78 is 4.91. The van der Waals surface area contributed by atoms with Crippen LogP contribution >= 0.6 is 0 Å². The zero-order valence-corrected chi connectivity index (χ0v) is 10.4. The maximum atomic E-state index is 11.5. The third-order valence-electron chi connectivity index (χ3n) is 3.20. The summed E-state index contributed by atoms with van der Waals surface area (Å²) in [5.41, 5.74) is 0. The highest BCUT2D eigenvalue weighted by molar-refractivity contribution is 5.75. The third kappa shape index (κ3) is 4.94. The van der Waals surface area contributed by atoms with Crippen molar-refractivity contribution >= 4 is 5.91 Å². The van der Waals surface area contributed by atoms with Crippen LogP contribution in [0.4, 0.5) is 0 Å². The lowest BCUT2D eigenvalue weighted by Crippen LogP contribution is -2.47. The first kappa shape index (κ1) is 13.5. The van der Waals surface area contributed by atoms with E-state index in [1.807, 2.05) is 0 Å². The largest absolute Gasteiger partial charge is 0.385 e. The van der Waals surface area contributed by atoms with E-state index in [0.717, 1.165) is 19.5 Å². The second kappa shape index (κ2) is 7.63. The minimum atomic E-state index is 0.136. The Balaban J connectivity index is 2.10. The lowest BCUT2D eigenvalue weighted by molar-refractivity contribution is -0.121. The van der Waals surface area contributed by atoms with Gasteiger partial charge in [-0.15, -0.1) is 0 Å². The van der Waals surface area contributed by atoms with Crippen molar-refractivity contribution in [3.63, 3.8) is 0 Å². The fourth-order valence-corrected chi connectivity index (χ4v) is 2.08. The van der Waals surface area contributed by atoms with Crippen LogP contribution in [0.25, 0.3) is 0 Å². The van der Waals surface area contributed by atoms with E-state index in [-0.39, 0.29) is 5.91 Å². The van der Waals surface area contributed by atoms with E-state index in [1.54, 1.807) is 7.11 Å². The molecule has 1 aliphatic heterocycles. The Morgan fingerprint density at radius 1 is 1.56 bits per heavy atom. The van der Waals surface area contributed by atoms with E-state index in [0.29, 0.717) is 25.0 Å². The van der Waals surface area contributed by atoms with Gasteiger partial charge in [-0.05, 0) is 31.7 Å². The van der Waals surface area contributed by atoms with Crippen molar-refractivity contribution in [2.45, 2.75) is 38.6 Å². The van der Waals surface area contributed by atoms with Gasteiger partial charge in [0.15, 0.2) is 0 Å². The average molecular weight is 228 g/mol. The first-order valence-electron chi connectivity index (χ1n) is 6.23. The van der Waals surface area contributed by atoms with Gasteiger partial charge in [-0.25, -0.2) is 0 Å². The van der Waals surface area contributed by atoms with Crippen LogP contribution in [0.15, 0.2) is 0 Å². The summed E-state index contributed by atoms with van der Waals surface area (Å²) in [6, 6.07) is 0.445. The highest BCUT2D eigenvalue weighted by atomic mass is 16.5. The molecule has 1 saturated heterocycles. The fourth-order valence-electron chi connectivity index (χ4n) is 2.08. The molecule has 1 rings (SSSR count). The quantitative estimate of drug-likeness (QED) is 0.665. The Kier molecular flexibility index (Phi) is 6.42. The zero-order chi connectivity index (χ0) is 11.8. The zero-order valence-electron chi connectivity index (χ0n) is 10.4. The summed E-state index contributed by atoms with van der Waals surface area (Å²) in [4.78, 5) is 11.5. The summed E-state index contributed by atoms with van der Waals surface area (Å²) in [5.74, 6) is 0.796. The van der Waals surface area contributed by atoms with Crippen molar-refractivity contribution in [1.82, 2.24) is 10.6 Å². The lowest BCUT2D eigenvalue weighted by atomic mass is 9.93. The molecular weight excluding hydrogens is 204 g/mol. The molecule has 0 radical (unpaired) electrons. The Labute approximate surface area is 98.1 Å². The maximum Gasteiger partial charge on any atom is 0.220 e. The van der Waals surface area contributed by atoms with Gasteiger partial charge in [-0.2, -0.15) is 0 Å². The molecule has 1 amide bonds. The van der Waals surface area contributed by atoms with E-state index in [9.17, 15) is 4.79 Å². The van der Waals surface area contributed by atoms with Gasteiger partial charge in [0, 0.05) is 32.7 Å². The van der Waals surface area contributed by atoms with Gasteiger partial charge in [-0.1, -0.05) is 6.92 Å². The normalized spacial score (nSPS) is 25.4. The Bertz CT molecular complexity index is 209. The fraction of sp³-hybridized carbons (Fsp3) is 0.917. The van der Waals surface area contributed by atoms with Crippen LogP contribution < -0.4 is 10.6 Å². The van der Waals surface area contributed by atoms with E-state index in [2.05, 4.69) is 17.6 Å². The Morgan fingerprint density at radius 3 is 3.06 bits per heavy atom. The molecule has 0 saturated carbocycles. The number of methoxy groups -OCH3 is 1. The molecule has 0 spiro atoms. The van der Waals surface area contributed by atoms with Gasteiger partial charge in [0.1, 0.15) is 0 Å². The molecule has 16 heavy (non-hydrogen) atoms. The van der Waals surface area contributed by atoms with E-state index >= 15 is 0 Å². The first-order valence-corrected chi connectivity index (χ1v) is 6.23. The minimum absolute atomic E-state index is 0.136. The number of nitrogens with one attached hydrogen (secondary N) is 2. The predicted octanol–water partition coefficient (Wildman–Crippen LogP) is 0.917. The van der Waals surface area contributed by atoms with Gasteiger partial charge in [0.2, 0.25) is 5.91 Å². The molecule has 94 valence electrons. The number of piperidine rings is 1. The highest BCUT2D eigenvalue weighted by Crippen LogP contribution is 2.14. The molecule has 1 aliphatic rings. The third-order valence-corrected chi connectivity index (χ3v) is 3.20. The van der Waals surface area contributed by atoms with Gasteiger partial charge >= 0.3 is 0 Å². The number of carbonyl (C=O) groups excluding carboxylic acids is 1. The molecule has 2 atom stereocenters. The van der Waals surface area contributed by atoms with Gasteiger partial charge in [-0.3, -0.25) is 4.79 Å². The summed E-state index contributed by atoms with van der Waals surface area (Å²) in [5, 5.41) is 6.44. The van der Waals surface area contributed by atoms with Crippen LogP contribution in [-0.4, -0.2) is 38.8 Å². The molecule has 2 N–H and O–H groups in total. The molecule has 0 bridgehead atoms. The molecule has 0 aromatic rings. The van der Waals surface area contributed by atoms with Crippen molar-refractivity contribution in [3.8, 4) is 0 Å². The number of carbonyl (C=O) groups is 1. The van der Waals surface area contributed by atoms with Crippen molar-refractivity contribution < 1.29 is 9.53 Å². The second-order valence-corrected chi connectivity index (χ2v) is 4.58. The van der Waals surface area contributed by atoms with E-state index < -0.39 is 0 Å². The standard InChI is InChI=1S/C12H24N2O2/c1-10-5-3-7-13-11(10)9-14-12(15)6-4-8-16-2/h10-11,13H,3-9H2,1-2H3,(H,14,15). The molecular formula is C12H24N2O2. The molecule has 0 aromatic heterocycles. The van der Waals surface area contributed by atoms with E-state index in [1.165, 1.54) is 12.8 Å². The van der Waals surface area contributed by atoms with E-state index in [4.69, 9.17) is 4.74 Å². The van der Waals surface area contributed by atoms with Crippen LogP contribution in [0.2, 0.25) is 0 Å². The topological polar surface area (TPSA) is 50.4 Å². The average Bonchev–Trinajstić information content (AvgIpc) is 2.28. The molecule has 1 fully saturated rings. The number of hydrogen-bond acceptors (Lipinski definition) is 3. The summed E-state index contributed by atoms with van der Waals surface area (Å²) >= 11 is 0. The van der Waals surface area contributed by atoms with Gasteiger partial charge in [0.05, 0.1) is 0 Å². The number of ether oxygens (including phenoxy) is 1. The number of rotatable bonds is 6. The molecule has 1 heterocycles. The highest BCUT2D eigenvalue weighted by Gasteiger charge is 2.20. The molecule has 0 aromatic carbocycles. The monoisotopic (exact) mass is 228 g/mol. The van der Waals surface area contributed by atoms with Crippen molar-refractivity contribution in [2.75, 3.05) is 26.8 Å².